The van der Waals surface area contributed by atoms with E-state index in [0.717, 1.165) is 40.0 Å². The summed E-state index contributed by atoms with van der Waals surface area (Å²) in [7, 11) is 3.41. The summed E-state index contributed by atoms with van der Waals surface area (Å²) in [5.74, 6) is -0.278. The molecular weight excluding hydrogens is 787 g/mol. The van der Waals surface area contributed by atoms with E-state index < -0.39 is 31.4 Å². The van der Waals surface area contributed by atoms with Crippen LogP contribution in [0.2, 0.25) is 0 Å². The summed E-state index contributed by atoms with van der Waals surface area (Å²) in [5, 5.41) is 15.5. The van der Waals surface area contributed by atoms with E-state index in [1.165, 1.54) is 24.3 Å². The Balaban J connectivity index is 1.07. The minimum absolute atomic E-state index is 0.0384. The number of benzene rings is 5. The van der Waals surface area contributed by atoms with Crippen molar-refractivity contribution in [1.29, 1.82) is 0 Å². The number of hydrogen-bond donors (Lipinski definition) is 2. The molecule has 1 atom stereocenters. The van der Waals surface area contributed by atoms with Gasteiger partial charge in [0, 0.05) is 85.5 Å². The number of nitrogens with zero attached hydrogens (tertiary/aromatic N) is 5. The van der Waals surface area contributed by atoms with Crippen molar-refractivity contribution in [2.75, 3.05) is 81.8 Å². The van der Waals surface area contributed by atoms with E-state index >= 15 is 0 Å². The van der Waals surface area contributed by atoms with Gasteiger partial charge in [-0.15, -0.1) is 11.8 Å². The molecular formula is C44H49N7O6S2. The van der Waals surface area contributed by atoms with Gasteiger partial charge in [0.2, 0.25) is 0 Å². The predicted molar refractivity (Wildman–Crippen MR) is 236 cm³/mol. The molecule has 1 aliphatic rings. The largest absolute Gasteiger partial charge is 0.378 e. The number of sulfonamides is 1. The molecule has 2 amide bonds. The monoisotopic (exact) mass is 835 g/mol. The number of carbonyl (C=O) groups is 2. The highest BCUT2D eigenvalue weighted by Crippen LogP contribution is 2.31. The zero-order valence-corrected chi connectivity index (χ0v) is 35.2. The molecule has 1 saturated heterocycles. The van der Waals surface area contributed by atoms with Crippen LogP contribution in [0.4, 0.5) is 22.7 Å². The molecule has 5 aromatic carbocycles. The minimum Gasteiger partial charge on any atom is -0.378 e. The molecule has 0 bridgehead atoms. The average Bonchev–Trinajstić information content (AvgIpc) is 3.24. The van der Waals surface area contributed by atoms with Crippen molar-refractivity contribution >= 4 is 56.3 Å². The van der Waals surface area contributed by atoms with Crippen molar-refractivity contribution in [3.05, 3.63) is 143 Å². The summed E-state index contributed by atoms with van der Waals surface area (Å²) >= 11 is 1.62. The molecule has 2 N–H and O–H groups in total. The Labute approximate surface area is 350 Å². The zero-order chi connectivity index (χ0) is 42.1. The van der Waals surface area contributed by atoms with Gasteiger partial charge >= 0.3 is 0 Å². The molecule has 1 aliphatic heterocycles. The first-order valence-corrected chi connectivity index (χ1v) is 21.7. The van der Waals surface area contributed by atoms with Gasteiger partial charge in [-0.3, -0.25) is 19.7 Å². The summed E-state index contributed by atoms with van der Waals surface area (Å²) in [5.41, 5.74) is 4.27. The third kappa shape index (κ3) is 11.0. The van der Waals surface area contributed by atoms with E-state index in [-0.39, 0.29) is 23.2 Å². The van der Waals surface area contributed by atoms with Crippen molar-refractivity contribution in [3.63, 3.8) is 0 Å². The number of amides is 2. The molecule has 59 heavy (non-hydrogen) atoms. The summed E-state index contributed by atoms with van der Waals surface area (Å²) in [4.78, 5) is 47.2. The maximum Gasteiger partial charge on any atom is 0.293 e. The summed E-state index contributed by atoms with van der Waals surface area (Å²) < 4.78 is 28.8. The van der Waals surface area contributed by atoms with Crippen LogP contribution in [0.3, 0.4) is 0 Å². The van der Waals surface area contributed by atoms with E-state index in [1.54, 1.807) is 23.9 Å². The highest BCUT2D eigenvalue weighted by atomic mass is 32.2. The molecule has 13 nitrogen and oxygen atoms in total. The van der Waals surface area contributed by atoms with Crippen LogP contribution in [-0.4, -0.2) is 108 Å². The van der Waals surface area contributed by atoms with Gasteiger partial charge in [0.1, 0.15) is 5.69 Å². The molecule has 6 rings (SSSR count). The fourth-order valence-electron chi connectivity index (χ4n) is 6.76. The Morgan fingerprint density at radius 2 is 1.49 bits per heavy atom. The standard InChI is InChI=1S/C44H49N7O6S2/c1-47(2)25-24-34(31-58-37-10-6-5-7-11-37)45-41-23-22-38(30-42(41)51(54)55)59(56,57)46-43(52)33-16-20-36(21-17-33)49-26-28-50(29-27-49)44(53)40-13-9-8-12-39(40)32-14-18-35(19-15-32)48(3)4/h5-23,30,34,45H,24-29,31H2,1-4H3,(H,46,52)/t34-/m1/s1. The van der Waals surface area contributed by atoms with Crippen molar-refractivity contribution in [3.8, 4) is 11.1 Å². The number of nitrogens with one attached hydrogen (secondary N) is 2. The number of nitro benzene ring substituents is 1. The minimum atomic E-state index is -4.46. The normalized spacial score (nSPS) is 13.5. The van der Waals surface area contributed by atoms with Crippen LogP contribution in [0.15, 0.2) is 131 Å². The van der Waals surface area contributed by atoms with Gasteiger partial charge < -0.3 is 24.9 Å². The van der Waals surface area contributed by atoms with Crippen LogP contribution in [0.5, 0.6) is 0 Å². The highest BCUT2D eigenvalue weighted by Gasteiger charge is 2.27. The van der Waals surface area contributed by atoms with E-state index in [1.807, 2.05) is 122 Å². The maximum atomic E-state index is 13.7. The Kier molecular flexibility index (Phi) is 13.9. The summed E-state index contributed by atoms with van der Waals surface area (Å²) in [6.45, 7) is 2.87. The second-order valence-electron chi connectivity index (χ2n) is 14.7. The summed E-state index contributed by atoms with van der Waals surface area (Å²) in [6.07, 6.45) is 0.692. The summed E-state index contributed by atoms with van der Waals surface area (Å²) in [6, 6.07) is 35.6. The topological polar surface area (TPSA) is 148 Å². The van der Waals surface area contributed by atoms with Crippen LogP contribution in [-0.2, 0) is 10.0 Å². The lowest BCUT2D eigenvalue weighted by Gasteiger charge is -2.36. The van der Waals surface area contributed by atoms with E-state index in [2.05, 4.69) is 14.9 Å². The number of piperazine rings is 1. The molecule has 1 fully saturated rings. The maximum absolute atomic E-state index is 13.7. The van der Waals surface area contributed by atoms with E-state index in [0.29, 0.717) is 43.9 Å². The Morgan fingerprint density at radius 1 is 0.831 bits per heavy atom. The SMILES string of the molecule is CN(C)CC[C@H](CSc1ccccc1)Nc1ccc(S(=O)(=O)NC(=O)c2ccc(N3CCN(C(=O)c4ccccc4-c4ccc(N(C)C)cc4)CC3)cc2)cc1[N+](=O)[O-]. The van der Waals surface area contributed by atoms with Crippen molar-refractivity contribution in [1.82, 2.24) is 14.5 Å². The number of nitro groups is 1. The first-order valence-electron chi connectivity index (χ1n) is 19.2. The van der Waals surface area contributed by atoms with Crippen LogP contribution < -0.4 is 19.8 Å². The van der Waals surface area contributed by atoms with Gasteiger partial charge in [0.05, 0.1) is 9.82 Å². The quantitative estimate of drug-likeness (QED) is 0.0606. The fraction of sp³-hybridized carbons (Fsp3) is 0.273. The number of anilines is 3. The first-order chi connectivity index (χ1) is 28.3. The molecule has 15 heteroatoms. The number of hydrogen-bond acceptors (Lipinski definition) is 11. The molecule has 0 aromatic heterocycles. The predicted octanol–water partition coefficient (Wildman–Crippen LogP) is 6.93. The van der Waals surface area contributed by atoms with Crippen molar-refractivity contribution < 1.29 is 22.9 Å². The van der Waals surface area contributed by atoms with E-state index in [4.69, 9.17) is 0 Å². The molecule has 0 unspecified atom stereocenters. The van der Waals surface area contributed by atoms with Gasteiger partial charge in [0.15, 0.2) is 0 Å². The van der Waals surface area contributed by atoms with Gasteiger partial charge in [-0.2, -0.15) is 0 Å². The highest BCUT2D eigenvalue weighted by molar-refractivity contribution is 7.99. The van der Waals surface area contributed by atoms with Crippen LogP contribution in [0.25, 0.3) is 11.1 Å². The van der Waals surface area contributed by atoms with Crippen molar-refractivity contribution in [2.24, 2.45) is 0 Å². The van der Waals surface area contributed by atoms with Crippen LogP contribution in [0, 0.1) is 10.1 Å². The Hall–Kier alpha value is -5.90. The van der Waals surface area contributed by atoms with Gasteiger partial charge in [-0.25, -0.2) is 13.1 Å². The molecule has 0 aliphatic carbocycles. The molecule has 0 spiro atoms. The zero-order valence-electron chi connectivity index (χ0n) is 33.6. The molecule has 1 heterocycles. The smallest absolute Gasteiger partial charge is 0.293 e. The van der Waals surface area contributed by atoms with E-state index in [9.17, 15) is 28.1 Å². The molecule has 0 saturated carbocycles. The van der Waals surface area contributed by atoms with Crippen LogP contribution >= 0.6 is 11.8 Å². The number of thioether (sulfide) groups is 1. The Morgan fingerprint density at radius 3 is 2.14 bits per heavy atom. The van der Waals surface area contributed by atoms with Gasteiger partial charge in [-0.05, 0) is 105 Å². The third-order valence-electron chi connectivity index (χ3n) is 10.1. The fourth-order valence-corrected chi connectivity index (χ4v) is 8.75. The average molecular weight is 836 g/mol. The lowest BCUT2D eigenvalue weighted by atomic mass is 9.98. The Bertz CT molecular complexity index is 2350. The number of rotatable bonds is 16. The molecule has 0 radical (unpaired) electrons. The van der Waals surface area contributed by atoms with Gasteiger partial charge in [-0.1, -0.05) is 48.5 Å². The third-order valence-corrected chi connectivity index (χ3v) is 12.6. The second-order valence-corrected chi connectivity index (χ2v) is 17.5. The van der Waals surface area contributed by atoms with Crippen LogP contribution in [0.1, 0.15) is 27.1 Å². The number of carbonyl (C=O) groups excluding carboxylic acids is 2. The first kappa shape index (κ1) is 42.7. The lowest BCUT2D eigenvalue weighted by Crippen LogP contribution is -2.48. The van der Waals surface area contributed by atoms with Crippen molar-refractivity contribution in [2.45, 2.75) is 22.3 Å². The lowest BCUT2D eigenvalue weighted by molar-refractivity contribution is -0.384. The molecule has 5 aromatic rings. The second kappa shape index (κ2) is 19.2. The molecule has 308 valence electrons. The van der Waals surface area contributed by atoms with Gasteiger partial charge in [0.25, 0.3) is 27.5 Å².